The van der Waals surface area contributed by atoms with Crippen molar-refractivity contribution in [2.24, 2.45) is 0 Å². The summed E-state index contributed by atoms with van der Waals surface area (Å²) in [6.07, 6.45) is -0.521. The molecule has 0 radical (unpaired) electrons. The maximum Gasteiger partial charge on any atom is 0.216 e. The molecule has 1 aliphatic rings. The molecule has 0 spiro atoms. The summed E-state index contributed by atoms with van der Waals surface area (Å²) >= 11 is 0. The molecule has 19 heavy (non-hydrogen) atoms. The molecule has 0 saturated carbocycles. The summed E-state index contributed by atoms with van der Waals surface area (Å²) in [6, 6.07) is 5.69. The van der Waals surface area contributed by atoms with Crippen molar-refractivity contribution < 1.29 is 15.0 Å². The first-order valence-electron chi connectivity index (χ1n) is 6.55. The van der Waals surface area contributed by atoms with Crippen molar-refractivity contribution >= 4 is 11.6 Å². The standard InChI is InChI=1S/C14H20N2O3/c1-9(17)15-7-5-13(18)14(19)11-2-3-12-10(8-11)4-6-16-12/h2-3,8,13-14,16,18-19H,4-7H2,1H3,(H,15,17). The zero-order chi connectivity index (χ0) is 13.8. The van der Waals surface area contributed by atoms with E-state index in [0.717, 1.165) is 24.2 Å². The van der Waals surface area contributed by atoms with Crippen LogP contribution >= 0.6 is 0 Å². The Morgan fingerprint density at radius 1 is 1.47 bits per heavy atom. The lowest BCUT2D eigenvalue weighted by atomic mass is 9.99. The zero-order valence-corrected chi connectivity index (χ0v) is 11.0. The van der Waals surface area contributed by atoms with Gasteiger partial charge in [-0.3, -0.25) is 4.79 Å². The number of hydrogen-bond donors (Lipinski definition) is 4. The smallest absolute Gasteiger partial charge is 0.216 e. The first kappa shape index (κ1) is 13.8. The summed E-state index contributed by atoms with van der Waals surface area (Å²) in [6.45, 7) is 2.70. The number of fused-ring (bicyclic) bond motifs is 1. The molecule has 0 aliphatic carbocycles. The minimum atomic E-state index is -0.917. The fraction of sp³-hybridized carbons (Fsp3) is 0.500. The summed E-state index contributed by atoms with van der Waals surface area (Å²) in [5, 5.41) is 25.9. The van der Waals surface area contributed by atoms with E-state index in [1.807, 2.05) is 18.2 Å². The van der Waals surface area contributed by atoms with E-state index in [4.69, 9.17) is 0 Å². The van der Waals surface area contributed by atoms with Crippen molar-refractivity contribution in [3.05, 3.63) is 29.3 Å². The molecule has 0 aromatic heterocycles. The lowest BCUT2D eigenvalue weighted by molar-refractivity contribution is -0.119. The van der Waals surface area contributed by atoms with Gasteiger partial charge in [0.1, 0.15) is 6.10 Å². The number of amides is 1. The second-order valence-electron chi connectivity index (χ2n) is 4.88. The first-order chi connectivity index (χ1) is 9.08. The van der Waals surface area contributed by atoms with E-state index in [2.05, 4.69) is 10.6 Å². The normalized spacial score (nSPS) is 16.4. The molecule has 1 heterocycles. The van der Waals surface area contributed by atoms with Crippen LogP contribution in [0.1, 0.15) is 30.6 Å². The molecule has 5 heteroatoms. The van der Waals surface area contributed by atoms with Crippen LogP contribution in [0.5, 0.6) is 0 Å². The van der Waals surface area contributed by atoms with Crippen LogP contribution in [0.15, 0.2) is 18.2 Å². The highest BCUT2D eigenvalue weighted by Crippen LogP contribution is 2.27. The van der Waals surface area contributed by atoms with Gasteiger partial charge in [0.2, 0.25) is 5.91 Å². The van der Waals surface area contributed by atoms with Gasteiger partial charge in [-0.1, -0.05) is 12.1 Å². The van der Waals surface area contributed by atoms with Gasteiger partial charge >= 0.3 is 0 Å². The number of aliphatic hydroxyl groups excluding tert-OH is 2. The minimum absolute atomic E-state index is 0.134. The van der Waals surface area contributed by atoms with Crippen molar-refractivity contribution in [3.8, 4) is 0 Å². The van der Waals surface area contributed by atoms with Crippen molar-refractivity contribution in [1.29, 1.82) is 0 Å². The topological polar surface area (TPSA) is 81.6 Å². The van der Waals surface area contributed by atoms with Crippen molar-refractivity contribution in [1.82, 2.24) is 5.32 Å². The minimum Gasteiger partial charge on any atom is -0.390 e. The van der Waals surface area contributed by atoms with Crippen LogP contribution in [0, 0.1) is 0 Å². The van der Waals surface area contributed by atoms with Crippen LogP contribution < -0.4 is 10.6 Å². The van der Waals surface area contributed by atoms with Gasteiger partial charge in [-0.2, -0.15) is 0 Å². The molecule has 1 aromatic rings. The van der Waals surface area contributed by atoms with Gasteiger partial charge in [0, 0.05) is 25.7 Å². The Hall–Kier alpha value is -1.59. The third-order valence-electron chi connectivity index (χ3n) is 3.36. The molecule has 1 aromatic carbocycles. The lowest BCUT2D eigenvalue weighted by Gasteiger charge is -2.19. The third kappa shape index (κ3) is 3.45. The summed E-state index contributed by atoms with van der Waals surface area (Å²) in [5.41, 5.74) is 2.99. The van der Waals surface area contributed by atoms with Crippen LogP contribution in [-0.4, -0.2) is 35.3 Å². The SMILES string of the molecule is CC(=O)NCCC(O)C(O)c1ccc2c(c1)CCN2. The molecule has 1 amide bonds. The van der Waals surface area contributed by atoms with E-state index >= 15 is 0 Å². The van der Waals surface area contributed by atoms with Crippen molar-refractivity contribution in [3.63, 3.8) is 0 Å². The van der Waals surface area contributed by atoms with E-state index < -0.39 is 12.2 Å². The number of carbonyl (C=O) groups excluding carboxylic acids is 1. The molecule has 2 unspecified atom stereocenters. The summed E-state index contributed by atoms with van der Waals surface area (Å²) in [4.78, 5) is 10.7. The van der Waals surface area contributed by atoms with Crippen molar-refractivity contribution in [2.45, 2.75) is 32.0 Å². The fourth-order valence-electron chi connectivity index (χ4n) is 2.28. The predicted octanol–water partition coefficient (Wildman–Crippen LogP) is 0.575. The Morgan fingerprint density at radius 3 is 3.00 bits per heavy atom. The van der Waals surface area contributed by atoms with Crippen LogP contribution in [0.4, 0.5) is 5.69 Å². The molecule has 0 saturated heterocycles. The largest absolute Gasteiger partial charge is 0.390 e. The van der Waals surface area contributed by atoms with E-state index in [-0.39, 0.29) is 5.91 Å². The Kier molecular flexibility index (Phi) is 4.39. The predicted molar refractivity (Wildman–Crippen MR) is 72.9 cm³/mol. The molecular formula is C14H20N2O3. The van der Waals surface area contributed by atoms with Gasteiger partial charge in [0.25, 0.3) is 0 Å². The summed E-state index contributed by atoms with van der Waals surface area (Å²) in [5.74, 6) is -0.134. The highest BCUT2D eigenvalue weighted by Gasteiger charge is 2.20. The van der Waals surface area contributed by atoms with E-state index in [1.165, 1.54) is 12.5 Å². The quantitative estimate of drug-likeness (QED) is 0.627. The van der Waals surface area contributed by atoms with Crippen LogP contribution in [0.2, 0.25) is 0 Å². The number of rotatable bonds is 5. The van der Waals surface area contributed by atoms with Crippen LogP contribution in [0.25, 0.3) is 0 Å². The average Bonchev–Trinajstić information content (AvgIpc) is 2.84. The molecule has 0 fully saturated rings. The number of benzene rings is 1. The lowest BCUT2D eigenvalue weighted by Crippen LogP contribution is -2.27. The fourth-order valence-corrected chi connectivity index (χ4v) is 2.28. The highest BCUT2D eigenvalue weighted by atomic mass is 16.3. The van der Waals surface area contributed by atoms with Gasteiger partial charge in [0.05, 0.1) is 6.10 Å². The maximum atomic E-state index is 10.7. The van der Waals surface area contributed by atoms with Gasteiger partial charge in [0.15, 0.2) is 0 Å². The molecule has 5 nitrogen and oxygen atoms in total. The van der Waals surface area contributed by atoms with Crippen LogP contribution in [-0.2, 0) is 11.2 Å². The van der Waals surface area contributed by atoms with E-state index in [0.29, 0.717) is 13.0 Å². The second-order valence-corrected chi connectivity index (χ2v) is 4.88. The van der Waals surface area contributed by atoms with Gasteiger partial charge in [-0.15, -0.1) is 0 Å². The molecule has 0 bridgehead atoms. The molecule has 1 aliphatic heterocycles. The number of nitrogens with one attached hydrogen (secondary N) is 2. The highest BCUT2D eigenvalue weighted by molar-refractivity contribution is 5.72. The third-order valence-corrected chi connectivity index (χ3v) is 3.36. The number of anilines is 1. The Balaban J connectivity index is 1.94. The van der Waals surface area contributed by atoms with Gasteiger partial charge in [-0.05, 0) is 30.0 Å². The number of carbonyl (C=O) groups is 1. The molecule has 2 rings (SSSR count). The zero-order valence-electron chi connectivity index (χ0n) is 11.0. The monoisotopic (exact) mass is 264 g/mol. The maximum absolute atomic E-state index is 10.7. The Labute approximate surface area is 112 Å². The Bertz CT molecular complexity index is 462. The van der Waals surface area contributed by atoms with Crippen molar-refractivity contribution in [2.75, 3.05) is 18.4 Å². The van der Waals surface area contributed by atoms with Crippen LogP contribution in [0.3, 0.4) is 0 Å². The molecule has 4 N–H and O–H groups in total. The summed E-state index contributed by atoms with van der Waals surface area (Å²) in [7, 11) is 0. The Morgan fingerprint density at radius 2 is 2.26 bits per heavy atom. The number of hydrogen-bond acceptors (Lipinski definition) is 4. The van der Waals surface area contributed by atoms with Gasteiger partial charge < -0.3 is 20.8 Å². The summed E-state index contributed by atoms with van der Waals surface area (Å²) < 4.78 is 0. The van der Waals surface area contributed by atoms with Gasteiger partial charge in [-0.25, -0.2) is 0 Å². The average molecular weight is 264 g/mol. The van der Waals surface area contributed by atoms with E-state index in [9.17, 15) is 15.0 Å². The van der Waals surface area contributed by atoms with E-state index in [1.54, 1.807) is 0 Å². The number of aliphatic hydroxyl groups is 2. The molecular weight excluding hydrogens is 244 g/mol. The molecule has 104 valence electrons. The second kappa shape index (κ2) is 6.04. The molecule has 2 atom stereocenters. The first-order valence-corrected chi connectivity index (χ1v) is 6.55.